The molecule has 11 heteroatoms. The van der Waals surface area contributed by atoms with Crippen LogP contribution in [0, 0.1) is 0 Å². The van der Waals surface area contributed by atoms with Crippen molar-refractivity contribution < 1.29 is 17.6 Å². The summed E-state index contributed by atoms with van der Waals surface area (Å²) in [6.45, 7) is 0.624. The van der Waals surface area contributed by atoms with Crippen LogP contribution in [0.1, 0.15) is 21.8 Å². The van der Waals surface area contributed by atoms with Gasteiger partial charge in [0, 0.05) is 28.5 Å². The largest absolute Gasteiger partial charge is 0.467 e. The van der Waals surface area contributed by atoms with E-state index in [9.17, 15) is 13.2 Å². The molecule has 0 aliphatic heterocycles. The summed E-state index contributed by atoms with van der Waals surface area (Å²) in [6.07, 6.45) is 3.86. The summed E-state index contributed by atoms with van der Waals surface area (Å²) in [5.41, 5.74) is 1.60. The highest BCUT2D eigenvalue weighted by molar-refractivity contribution is 7.90. The van der Waals surface area contributed by atoms with Crippen molar-refractivity contribution in [3.05, 3.63) is 100 Å². The molecule has 4 rings (SSSR count). The van der Waals surface area contributed by atoms with Crippen molar-refractivity contribution >= 4 is 50.3 Å². The van der Waals surface area contributed by atoms with Gasteiger partial charge in [-0.15, -0.1) is 0 Å². The number of hydrogen-bond acceptors (Lipinski definition) is 7. The minimum Gasteiger partial charge on any atom is -0.467 e. The summed E-state index contributed by atoms with van der Waals surface area (Å²) in [4.78, 5) is 23.3. The van der Waals surface area contributed by atoms with E-state index in [1.165, 1.54) is 6.20 Å². The molecular formula is C24H20Cl2N4O4S. The first-order valence-electron chi connectivity index (χ1n) is 10.3. The fourth-order valence-corrected chi connectivity index (χ4v) is 4.04. The molecule has 35 heavy (non-hydrogen) atoms. The molecule has 0 saturated carbocycles. The normalized spacial score (nSPS) is 11.3. The molecule has 0 radical (unpaired) electrons. The summed E-state index contributed by atoms with van der Waals surface area (Å²) in [6, 6.07) is 17.3. The maximum atomic E-state index is 13.3. The summed E-state index contributed by atoms with van der Waals surface area (Å²) < 4.78 is 29.8. The first-order chi connectivity index (χ1) is 16.7. The number of benzene rings is 2. The SMILES string of the molecule is CS(=O)(=O)c1ncc(N(Cc2ccc(Cl)cc2)Cc2ccco2)c(C(=O)Nc2ccc(Cl)cc2)n1. The highest BCUT2D eigenvalue weighted by Gasteiger charge is 2.24. The number of carbonyl (C=O) groups is 1. The molecular weight excluding hydrogens is 511 g/mol. The smallest absolute Gasteiger partial charge is 0.276 e. The quantitative estimate of drug-likeness (QED) is 0.310. The number of nitrogens with zero attached hydrogens (tertiary/aromatic N) is 3. The summed E-state index contributed by atoms with van der Waals surface area (Å²) >= 11 is 12.0. The van der Waals surface area contributed by atoms with Gasteiger partial charge >= 0.3 is 0 Å². The zero-order chi connectivity index (χ0) is 25.0. The highest BCUT2D eigenvalue weighted by atomic mass is 35.5. The van der Waals surface area contributed by atoms with Crippen molar-refractivity contribution in [1.29, 1.82) is 0 Å². The molecule has 0 atom stereocenters. The topological polar surface area (TPSA) is 105 Å². The third kappa shape index (κ3) is 6.39. The number of halogens is 2. The Labute approximate surface area is 212 Å². The van der Waals surface area contributed by atoms with E-state index >= 15 is 0 Å². The molecule has 1 amide bonds. The first kappa shape index (κ1) is 24.7. The number of sulfone groups is 1. The second-order valence-corrected chi connectivity index (χ2v) is 10.5. The lowest BCUT2D eigenvalue weighted by atomic mass is 10.2. The van der Waals surface area contributed by atoms with Crippen molar-refractivity contribution in [2.24, 2.45) is 0 Å². The Hall–Kier alpha value is -3.40. The number of nitrogens with one attached hydrogen (secondary N) is 1. The van der Waals surface area contributed by atoms with E-state index in [-0.39, 0.29) is 12.2 Å². The van der Waals surface area contributed by atoms with E-state index in [4.69, 9.17) is 27.6 Å². The molecule has 2 aromatic carbocycles. The van der Waals surface area contributed by atoms with E-state index < -0.39 is 20.9 Å². The Morgan fingerprint density at radius 1 is 1.00 bits per heavy atom. The van der Waals surface area contributed by atoms with Crippen LogP contribution in [-0.2, 0) is 22.9 Å². The molecule has 0 unspecified atom stereocenters. The first-order valence-corrected chi connectivity index (χ1v) is 13.0. The van der Waals surface area contributed by atoms with Crippen LogP contribution in [0.4, 0.5) is 11.4 Å². The van der Waals surface area contributed by atoms with Crippen molar-refractivity contribution in [2.45, 2.75) is 18.2 Å². The van der Waals surface area contributed by atoms with Crippen LogP contribution in [-0.4, -0.2) is 30.5 Å². The van der Waals surface area contributed by atoms with Gasteiger partial charge in [0.25, 0.3) is 5.91 Å². The van der Waals surface area contributed by atoms with Crippen molar-refractivity contribution in [2.75, 3.05) is 16.5 Å². The lowest BCUT2D eigenvalue weighted by molar-refractivity contribution is 0.102. The summed E-state index contributed by atoms with van der Waals surface area (Å²) in [7, 11) is -3.76. The Morgan fingerprint density at radius 2 is 1.66 bits per heavy atom. The third-order valence-electron chi connectivity index (χ3n) is 4.95. The number of amides is 1. The monoisotopic (exact) mass is 530 g/mol. The van der Waals surface area contributed by atoms with Gasteiger partial charge in [-0.3, -0.25) is 4.79 Å². The van der Waals surface area contributed by atoms with Crippen molar-refractivity contribution in [3.63, 3.8) is 0 Å². The molecule has 4 aromatic rings. The van der Waals surface area contributed by atoms with E-state index in [1.807, 2.05) is 17.0 Å². The average molecular weight is 531 g/mol. The molecule has 0 aliphatic carbocycles. The van der Waals surface area contributed by atoms with Crippen LogP contribution < -0.4 is 10.2 Å². The molecule has 0 fully saturated rings. The van der Waals surface area contributed by atoms with Crippen LogP contribution in [0.25, 0.3) is 0 Å². The van der Waals surface area contributed by atoms with E-state index in [2.05, 4.69) is 15.3 Å². The van der Waals surface area contributed by atoms with Gasteiger partial charge in [0.05, 0.1) is 24.7 Å². The molecule has 180 valence electrons. The number of hydrogen-bond donors (Lipinski definition) is 1. The zero-order valence-electron chi connectivity index (χ0n) is 18.5. The van der Waals surface area contributed by atoms with Crippen LogP contribution in [0.3, 0.4) is 0 Å². The van der Waals surface area contributed by atoms with Gasteiger partial charge < -0.3 is 14.6 Å². The van der Waals surface area contributed by atoms with E-state index in [0.717, 1.165) is 11.8 Å². The Balaban J connectivity index is 1.77. The Morgan fingerprint density at radius 3 is 2.26 bits per heavy atom. The Bertz CT molecular complexity index is 1430. The van der Waals surface area contributed by atoms with Crippen LogP contribution >= 0.6 is 23.2 Å². The molecule has 0 saturated heterocycles. The predicted octanol–water partition coefficient (Wildman–Crippen LogP) is 5.24. The lowest BCUT2D eigenvalue weighted by Gasteiger charge is -2.25. The van der Waals surface area contributed by atoms with Gasteiger partial charge in [0.15, 0.2) is 5.69 Å². The molecule has 1 N–H and O–H groups in total. The zero-order valence-corrected chi connectivity index (χ0v) is 20.8. The average Bonchev–Trinajstić information content (AvgIpc) is 3.34. The van der Waals surface area contributed by atoms with Gasteiger partial charge in [0.2, 0.25) is 15.0 Å². The standard InChI is InChI=1S/C24H20Cl2N4O4S/c1-35(32,33)24-27-13-21(22(29-24)23(31)28-19-10-8-18(26)9-11-19)30(15-20-3-2-12-34-20)14-16-4-6-17(25)7-5-16/h2-13H,14-15H2,1H3,(H,28,31). The second kappa shape index (κ2) is 10.5. The number of aromatic nitrogens is 2. The molecule has 2 heterocycles. The van der Waals surface area contributed by atoms with Gasteiger partial charge in [-0.2, -0.15) is 0 Å². The minimum absolute atomic E-state index is 0.101. The number of anilines is 2. The fourth-order valence-electron chi connectivity index (χ4n) is 3.29. The highest BCUT2D eigenvalue weighted by Crippen LogP contribution is 2.26. The maximum absolute atomic E-state index is 13.3. The minimum atomic E-state index is -3.76. The summed E-state index contributed by atoms with van der Waals surface area (Å²) in [5.74, 6) is 0.0328. The van der Waals surface area contributed by atoms with Crippen molar-refractivity contribution in [3.8, 4) is 0 Å². The maximum Gasteiger partial charge on any atom is 0.276 e. The lowest BCUT2D eigenvalue weighted by Crippen LogP contribution is -2.27. The van der Waals surface area contributed by atoms with E-state index in [0.29, 0.717) is 33.7 Å². The molecule has 2 aromatic heterocycles. The van der Waals surface area contributed by atoms with Crippen molar-refractivity contribution in [1.82, 2.24) is 9.97 Å². The van der Waals surface area contributed by atoms with E-state index in [1.54, 1.807) is 54.8 Å². The molecule has 0 aliphatic rings. The third-order valence-corrected chi connectivity index (χ3v) is 6.31. The van der Waals surface area contributed by atoms with Crippen LogP contribution in [0.2, 0.25) is 10.0 Å². The van der Waals surface area contributed by atoms with Crippen LogP contribution in [0.15, 0.2) is 82.7 Å². The molecule has 8 nitrogen and oxygen atoms in total. The Kier molecular flexibility index (Phi) is 7.39. The molecule has 0 bridgehead atoms. The van der Waals surface area contributed by atoms with Gasteiger partial charge in [-0.1, -0.05) is 35.3 Å². The second-order valence-electron chi connectivity index (χ2n) is 7.68. The van der Waals surface area contributed by atoms with Gasteiger partial charge in [-0.05, 0) is 54.1 Å². The van der Waals surface area contributed by atoms with Gasteiger partial charge in [0.1, 0.15) is 5.76 Å². The predicted molar refractivity (Wildman–Crippen MR) is 135 cm³/mol. The number of carbonyl (C=O) groups excluding carboxylic acids is 1. The molecule has 0 spiro atoms. The fraction of sp³-hybridized carbons (Fsp3) is 0.125. The number of rotatable bonds is 8. The summed E-state index contributed by atoms with van der Waals surface area (Å²) in [5, 5.41) is 3.39. The van der Waals surface area contributed by atoms with Gasteiger partial charge in [-0.25, -0.2) is 18.4 Å². The number of furan rings is 1. The van der Waals surface area contributed by atoms with Crippen LogP contribution in [0.5, 0.6) is 0 Å².